The van der Waals surface area contributed by atoms with E-state index < -0.39 is 15.4 Å². The summed E-state index contributed by atoms with van der Waals surface area (Å²) in [6.45, 7) is 7.61. The number of hydrogen-bond donors (Lipinski definition) is 1. The average molecular weight is 478 g/mol. The number of carbonyl (C=O) groups excluding carboxylic acids is 1. The molecule has 2 heterocycles. The Balaban J connectivity index is 0.00000306. The van der Waals surface area contributed by atoms with Gasteiger partial charge in [0.25, 0.3) is 0 Å². The van der Waals surface area contributed by atoms with E-state index in [1.165, 1.54) is 36.8 Å². The molecule has 1 saturated heterocycles. The van der Waals surface area contributed by atoms with Gasteiger partial charge >= 0.3 is 0 Å². The van der Waals surface area contributed by atoms with Crippen LogP contribution in [-0.4, -0.2) is 55.6 Å². The number of sulfonamides is 1. The molecule has 0 bridgehead atoms. The fourth-order valence-corrected chi connectivity index (χ4v) is 6.88. The lowest BCUT2D eigenvalue weighted by atomic mass is 9.67. The molecule has 4 rings (SSSR count). The Hall–Kier alpha value is -1.44. The van der Waals surface area contributed by atoms with Gasteiger partial charge in [-0.2, -0.15) is 0 Å². The van der Waals surface area contributed by atoms with Crippen LogP contribution < -0.4 is 5.14 Å². The van der Waals surface area contributed by atoms with Crippen LogP contribution >= 0.6 is 0 Å². The number of rotatable bonds is 6. The third-order valence-corrected chi connectivity index (χ3v) is 9.16. The minimum atomic E-state index is -3.51. The van der Waals surface area contributed by atoms with Crippen LogP contribution in [0.5, 0.6) is 0 Å². The van der Waals surface area contributed by atoms with E-state index in [-0.39, 0.29) is 19.1 Å². The fourth-order valence-electron chi connectivity index (χ4n) is 6.35. The van der Waals surface area contributed by atoms with Crippen LogP contribution in [0.4, 0.5) is 0 Å². The zero-order valence-electron chi connectivity index (χ0n) is 19.6. The Morgan fingerprint density at radius 3 is 2.33 bits per heavy atom. The summed E-state index contributed by atoms with van der Waals surface area (Å²) < 4.78 is 22.7. The second-order valence-corrected chi connectivity index (χ2v) is 12.3. The molecular weight excluding hydrogens is 434 g/mol. The number of amides is 1. The van der Waals surface area contributed by atoms with E-state index in [1.54, 1.807) is 0 Å². The van der Waals surface area contributed by atoms with Gasteiger partial charge in [0.2, 0.25) is 15.9 Å². The summed E-state index contributed by atoms with van der Waals surface area (Å²) in [6, 6.07) is 8.99. The van der Waals surface area contributed by atoms with E-state index >= 15 is 0 Å². The number of carbonyl (C=O) groups is 1. The van der Waals surface area contributed by atoms with E-state index in [4.69, 9.17) is 5.14 Å². The second kappa shape index (κ2) is 10.4. The number of hydrogen-bond acceptors (Lipinski definition) is 4. The van der Waals surface area contributed by atoms with Gasteiger partial charge in [-0.3, -0.25) is 4.79 Å². The lowest BCUT2D eigenvalue weighted by Gasteiger charge is -2.49. The molecule has 0 atom stereocenters. The topological polar surface area (TPSA) is 83.7 Å². The van der Waals surface area contributed by atoms with E-state index in [1.807, 2.05) is 17.0 Å². The highest BCUT2D eigenvalue weighted by molar-refractivity contribution is 7.89. The van der Waals surface area contributed by atoms with Crippen molar-refractivity contribution in [2.75, 3.05) is 25.4 Å². The zero-order valence-corrected chi connectivity index (χ0v) is 20.4. The summed E-state index contributed by atoms with van der Waals surface area (Å²) in [5, 5.41) is 5.17. The largest absolute Gasteiger partial charge is 0.338 e. The molecule has 0 unspecified atom stereocenters. The predicted octanol–water partition coefficient (Wildman–Crippen LogP) is 3.89. The van der Waals surface area contributed by atoms with Gasteiger partial charge < -0.3 is 9.80 Å². The molecule has 1 spiro atoms. The normalized spacial score (nSPS) is 25.7. The van der Waals surface area contributed by atoms with Gasteiger partial charge in [-0.15, -0.1) is 0 Å². The molecule has 7 heteroatoms. The smallest absolute Gasteiger partial charge is 0.233 e. The van der Waals surface area contributed by atoms with Crippen LogP contribution in [0.3, 0.4) is 0 Å². The van der Waals surface area contributed by atoms with Crippen LogP contribution in [0.25, 0.3) is 0 Å². The van der Waals surface area contributed by atoms with Gasteiger partial charge in [0.1, 0.15) is 0 Å². The molecule has 2 aliphatic heterocycles. The van der Waals surface area contributed by atoms with Gasteiger partial charge in [0.15, 0.2) is 0 Å². The van der Waals surface area contributed by atoms with Crippen molar-refractivity contribution >= 4 is 15.9 Å². The van der Waals surface area contributed by atoms with Crippen molar-refractivity contribution in [1.29, 1.82) is 0 Å². The lowest BCUT2D eigenvalue weighted by Crippen LogP contribution is -2.57. The molecule has 0 radical (unpaired) electrons. The molecule has 2 fully saturated rings. The van der Waals surface area contributed by atoms with Crippen LogP contribution in [-0.2, 0) is 26.8 Å². The number of fused-ring (bicyclic) bond motifs is 2. The van der Waals surface area contributed by atoms with Crippen molar-refractivity contribution < 1.29 is 13.2 Å². The third kappa shape index (κ3) is 5.63. The average Bonchev–Trinajstić information content (AvgIpc) is 2.77. The molecule has 1 aromatic rings. The van der Waals surface area contributed by atoms with Gasteiger partial charge in [-0.25, -0.2) is 13.6 Å². The highest BCUT2D eigenvalue weighted by Crippen LogP contribution is 2.44. The summed E-state index contributed by atoms with van der Waals surface area (Å²) in [6.07, 6.45) is 7.28. The van der Waals surface area contributed by atoms with Crippen LogP contribution in [0, 0.1) is 11.8 Å². The van der Waals surface area contributed by atoms with Crippen molar-refractivity contribution in [3.05, 3.63) is 35.4 Å². The van der Waals surface area contributed by atoms with Crippen molar-refractivity contribution in [3.63, 3.8) is 0 Å². The number of piperidine rings is 1. The van der Waals surface area contributed by atoms with E-state index in [0.717, 1.165) is 37.8 Å². The highest BCUT2D eigenvalue weighted by Gasteiger charge is 2.49. The molecule has 3 aliphatic rings. The van der Waals surface area contributed by atoms with Gasteiger partial charge in [0.05, 0.1) is 11.2 Å². The number of nitrogens with zero attached hydrogens (tertiary/aromatic N) is 2. The molecule has 1 aliphatic carbocycles. The maximum atomic E-state index is 13.7. The molecule has 1 aromatic carbocycles. The Morgan fingerprint density at radius 1 is 1.09 bits per heavy atom. The van der Waals surface area contributed by atoms with E-state index in [9.17, 15) is 13.2 Å². The molecule has 2 N–H and O–H groups in total. The summed E-state index contributed by atoms with van der Waals surface area (Å²) in [5.41, 5.74) is 1.92. The van der Waals surface area contributed by atoms with Gasteiger partial charge in [0, 0.05) is 19.1 Å². The van der Waals surface area contributed by atoms with Crippen molar-refractivity contribution in [2.24, 2.45) is 17.0 Å². The summed E-state index contributed by atoms with van der Waals surface area (Å²) in [7, 11) is -3.51. The minimum Gasteiger partial charge on any atom is -0.338 e. The zero-order chi connectivity index (χ0) is 22.9. The monoisotopic (exact) mass is 477 g/mol. The quantitative estimate of drug-likeness (QED) is 0.674. The van der Waals surface area contributed by atoms with Crippen molar-refractivity contribution in [3.8, 4) is 0 Å². The minimum absolute atomic E-state index is 0. The van der Waals surface area contributed by atoms with E-state index in [0.29, 0.717) is 25.6 Å². The first kappa shape index (κ1) is 26.2. The SMILES string of the molecule is C.CC(C)C1CCC(N2CCC3(CC2)C(=O)N(CCCS(N)(=O)=O)Cc2ccccc23)CC1. The number of nitrogens with two attached hydrogens (primary N) is 1. The van der Waals surface area contributed by atoms with E-state index in [2.05, 4.69) is 30.9 Å². The molecule has 186 valence electrons. The number of benzene rings is 1. The van der Waals surface area contributed by atoms with Crippen LogP contribution in [0.1, 0.15) is 77.3 Å². The Kier molecular flexibility index (Phi) is 8.28. The summed E-state index contributed by atoms with van der Waals surface area (Å²) in [5.74, 6) is 1.73. The Bertz CT molecular complexity index is 914. The maximum absolute atomic E-state index is 13.7. The van der Waals surface area contributed by atoms with Gasteiger partial charge in [-0.1, -0.05) is 45.5 Å². The standard InChI is InChI=1S/C25H39N3O3S.CH4/c1-19(2)20-8-10-22(11-9-20)27-15-12-25(13-16-27)23-7-4-3-6-21(23)18-28(24(25)29)14-5-17-32(26,30)31;/h3-4,6-7,19-20,22H,5,8-18H2,1-2H3,(H2,26,30,31);1H4. The lowest BCUT2D eigenvalue weighted by molar-refractivity contribution is -0.142. The van der Waals surface area contributed by atoms with Gasteiger partial charge in [-0.05, 0) is 81.0 Å². The van der Waals surface area contributed by atoms with Crippen LogP contribution in [0.2, 0.25) is 0 Å². The number of likely N-dealkylation sites (tertiary alicyclic amines) is 1. The third-order valence-electron chi connectivity index (χ3n) is 8.30. The first-order valence-corrected chi connectivity index (χ1v) is 14.0. The molecule has 1 amide bonds. The summed E-state index contributed by atoms with van der Waals surface area (Å²) in [4.78, 5) is 18.3. The fraction of sp³-hybridized carbons (Fsp3) is 0.731. The maximum Gasteiger partial charge on any atom is 0.233 e. The van der Waals surface area contributed by atoms with Crippen molar-refractivity contribution in [1.82, 2.24) is 9.80 Å². The first-order valence-electron chi connectivity index (χ1n) is 12.3. The molecule has 6 nitrogen and oxygen atoms in total. The first-order chi connectivity index (χ1) is 15.2. The summed E-state index contributed by atoms with van der Waals surface area (Å²) >= 11 is 0. The second-order valence-electron chi connectivity index (χ2n) is 10.5. The van der Waals surface area contributed by atoms with Crippen LogP contribution in [0.15, 0.2) is 24.3 Å². The Labute approximate surface area is 201 Å². The predicted molar refractivity (Wildman–Crippen MR) is 134 cm³/mol. The highest BCUT2D eigenvalue weighted by atomic mass is 32.2. The Morgan fingerprint density at radius 2 is 1.73 bits per heavy atom. The number of primary sulfonamides is 1. The molecule has 1 saturated carbocycles. The molecule has 0 aromatic heterocycles. The molecule has 33 heavy (non-hydrogen) atoms. The van der Waals surface area contributed by atoms with Crippen molar-refractivity contribution in [2.45, 2.75) is 84.2 Å². The molecular formula is C26H43N3O3S.